The van der Waals surface area contributed by atoms with Crippen molar-refractivity contribution in [3.05, 3.63) is 0 Å². The number of rotatable bonds is 6. The summed E-state index contributed by atoms with van der Waals surface area (Å²) in [4.78, 5) is 20.5. The van der Waals surface area contributed by atoms with Gasteiger partial charge in [-0.05, 0) is 13.3 Å². The van der Waals surface area contributed by atoms with E-state index in [2.05, 4.69) is 0 Å². The predicted molar refractivity (Wildman–Crippen MR) is 40.2 cm³/mol. The number of carbonyl (C=O) groups is 2. The Bertz CT molecular complexity index is 136. The van der Waals surface area contributed by atoms with Crippen LogP contribution in [0.1, 0.15) is 13.3 Å². The number of carbonyl (C=O) groups excluding carboxylic acids is 2. The van der Waals surface area contributed by atoms with Crippen molar-refractivity contribution in [1.82, 2.24) is 0 Å². The Hall–Kier alpha value is -0.740. The van der Waals surface area contributed by atoms with Crippen LogP contribution in [0.25, 0.3) is 0 Å². The van der Waals surface area contributed by atoms with Crippen molar-refractivity contribution in [3.63, 3.8) is 0 Å². The van der Waals surface area contributed by atoms with Crippen molar-refractivity contribution < 1.29 is 14.3 Å². The van der Waals surface area contributed by atoms with Crippen LogP contribution < -0.4 is 5.73 Å². The Morgan fingerprint density at radius 1 is 1.73 bits per heavy atom. The summed E-state index contributed by atoms with van der Waals surface area (Å²) in [6.45, 7) is 2.88. The Morgan fingerprint density at radius 3 is 2.82 bits per heavy atom. The van der Waals surface area contributed by atoms with Gasteiger partial charge >= 0.3 is 0 Å². The first-order chi connectivity index (χ1) is 5.22. The van der Waals surface area contributed by atoms with Gasteiger partial charge in [0.15, 0.2) is 6.29 Å². The SMILES string of the molecule is CCOCC[C@H](N)C(=O)C=O. The van der Waals surface area contributed by atoms with Gasteiger partial charge in [0, 0.05) is 13.2 Å². The zero-order chi connectivity index (χ0) is 8.69. The second-order valence-electron chi connectivity index (χ2n) is 2.11. The fourth-order valence-corrected chi connectivity index (χ4v) is 0.584. The van der Waals surface area contributed by atoms with Crippen LogP contribution >= 0.6 is 0 Å². The van der Waals surface area contributed by atoms with Crippen LogP contribution in [-0.2, 0) is 14.3 Å². The predicted octanol–water partition coefficient (Wildman–Crippen LogP) is -0.492. The third kappa shape index (κ3) is 4.64. The number of ketones is 1. The molecule has 0 fully saturated rings. The lowest BCUT2D eigenvalue weighted by molar-refractivity contribution is -0.130. The highest BCUT2D eigenvalue weighted by atomic mass is 16.5. The normalized spacial score (nSPS) is 12.5. The van der Waals surface area contributed by atoms with Crippen LogP contribution in [0.3, 0.4) is 0 Å². The quantitative estimate of drug-likeness (QED) is 0.322. The van der Waals surface area contributed by atoms with Crippen molar-refractivity contribution in [2.75, 3.05) is 13.2 Å². The molecule has 4 nitrogen and oxygen atoms in total. The minimum absolute atomic E-state index is 0.247. The first-order valence-corrected chi connectivity index (χ1v) is 3.54. The standard InChI is InChI=1S/C7H13NO3/c1-2-11-4-3-6(8)7(10)5-9/h5-6H,2-4,8H2,1H3/t6-/m0/s1. The van der Waals surface area contributed by atoms with E-state index >= 15 is 0 Å². The third-order valence-corrected chi connectivity index (χ3v) is 1.26. The molecule has 0 aromatic rings. The monoisotopic (exact) mass is 159 g/mol. The Balaban J connectivity index is 3.43. The van der Waals surface area contributed by atoms with E-state index in [-0.39, 0.29) is 6.29 Å². The number of nitrogens with two attached hydrogens (primary N) is 1. The lowest BCUT2D eigenvalue weighted by Crippen LogP contribution is -2.32. The van der Waals surface area contributed by atoms with Gasteiger partial charge in [0.25, 0.3) is 0 Å². The van der Waals surface area contributed by atoms with E-state index in [9.17, 15) is 9.59 Å². The smallest absolute Gasteiger partial charge is 0.211 e. The molecule has 0 aliphatic rings. The Labute approximate surface area is 65.7 Å². The highest BCUT2D eigenvalue weighted by molar-refractivity contribution is 6.27. The van der Waals surface area contributed by atoms with Gasteiger partial charge in [-0.25, -0.2) is 0 Å². The number of hydrogen-bond donors (Lipinski definition) is 1. The summed E-state index contributed by atoms with van der Waals surface area (Å²) in [7, 11) is 0. The second-order valence-corrected chi connectivity index (χ2v) is 2.11. The van der Waals surface area contributed by atoms with Crippen LogP contribution in [0.5, 0.6) is 0 Å². The Morgan fingerprint density at radius 2 is 2.36 bits per heavy atom. The summed E-state index contributed by atoms with van der Waals surface area (Å²) in [5, 5.41) is 0. The molecule has 1 atom stereocenters. The summed E-state index contributed by atoms with van der Waals surface area (Å²) >= 11 is 0. The second kappa shape index (κ2) is 6.00. The largest absolute Gasteiger partial charge is 0.382 e. The van der Waals surface area contributed by atoms with Gasteiger partial charge in [-0.1, -0.05) is 0 Å². The van der Waals surface area contributed by atoms with Crippen LogP contribution in [0.15, 0.2) is 0 Å². The number of aldehydes is 1. The minimum Gasteiger partial charge on any atom is -0.382 e. The van der Waals surface area contributed by atoms with Crippen molar-refractivity contribution in [2.24, 2.45) is 5.73 Å². The number of ether oxygens (including phenoxy) is 1. The van der Waals surface area contributed by atoms with Crippen LogP contribution in [0, 0.1) is 0 Å². The molecule has 64 valence electrons. The molecule has 0 amide bonds. The number of hydrogen-bond acceptors (Lipinski definition) is 4. The lowest BCUT2D eigenvalue weighted by atomic mass is 10.1. The molecule has 0 radical (unpaired) electrons. The van der Waals surface area contributed by atoms with Gasteiger partial charge in [-0.3, -0.25) is 9.59 Å². The average Bonchev–Trinajstić information content (AvgIpc) is 2.03. The van der Waals surface area contributed by atoms with Crippen LogP contribution in [0.2, 0.25) is 0 Å². The van der Waals surface area contributed by atoms with E-state index in [1.165, 1.54) is 0 Å². The van der Waals surface area contributed by atoms with Crippen molar-refractivity contribution in [1.29, 1.82) is 0 Å². The van der Waals surface area contributed by atoms with E-state index in [4.69, 9.17) is 10.5 Å². The molecule has 0 unspecified atom stereocenters. The summed E-state index contributed by atoms with van der Waals surface area (Å²) in [5.41, 5.74) is 5.31. The molecule has 2 N–H and O–H groups in total. The summed E-state index contributed by atoms with van der Waals surface area (Å²) < 4.78 is 4.95. The molecule has 0 aromatic carbocycles. The first-order valence-electron chi connectivity index (χ1n) is 3.54. The van der Waals surface area contributed by atoms with Crippen molar-refractivity contribution in [3.8, 4) is 0 Å². The van der Waals surface area contributed by atoms with Gasteiger partial charge in [-0.15, -0.1) is 0 Å². The van der Waals surface area contributed by atoms with Gasteiger partial charge in [0.05, 0.1) is 6.04 Å². The molecule has 4 heteroatoms. The van der Waals surface area contributed by atoms with Crippen molar-refractivity contribution in [2.45, 2.75) is 19.4 Å². The summed E-state index contributed by atoms with van der Waals surface area (Å²) in [5.74, 6) is -0.565. The maximum Gasteiger partial charge on any atom is 0.211 e. The van der Waals surface area contributed by atoms with Gasteiger partial charge < -0.3 is 10.5 Å². The maximum atomic E-state index is 10.6. The van der Waals surface area contributed by atoms with Crippen LogP contribution in [-0.4, -0.2) is 31.3 Å². The van der Waals surface area contributed by atoms with E-state index in [0.29, 0.717) is 19.6 Å². The molecule has 0 aromatic heterocycles. The highest BCUT2D eigenvalue weighted by Gasteiger charge is 2.10. The molecular formula is C7H13NO3. The van der Waals surface area contributed by atoms with E-state index in [0.717, 1.165) is 0 Å². The molecule has 11 heavy (non-hydrogen) atoms. The Kier molecular flexibility index (Phi) is 5.60. The fourth-order valence-electron chi connectivity index (χ4n) is 0.584. The first kappa shape index (κ1) is 10.3. The van der Waals surface area contributed by atoms with Gasteiger partial charge in [0.2, 0.25) is 5.78 Å². The lowest BCUT2D eigenvalue weighted by Gasteiger charge is -2.05. The molecule has 0 saturated carbocycles. The third-order valence-electron chi connectivity index (χ3n) is 1.26. The maximum absolute atomic E-state index is 10.6. The minimum atomic E-state index is -0.695. The summed E-state index contributed by atoms with van der Waals surface area (Å²) in [6.07, 6.45) is 0.655. The van der Waals surface area contributed by atoms with E-state index < -0.39 is 11.8 Å². The van der Waals surface area contributed by atoms with Gasteiger partial charge in [-0.2, -0.15) is 0 Å². The van der Waals surface area contributed by atoms with E-state index in [1.807, 2.05) is 6.92 Å². The van der Waals surface area contributed by atoms with Crippen molar-refractivity contribution >= 4 is 12.1 Å². The topological polar surface area (TPSA) is 69.4 Å². The molecular weight excluding hydrogens is 146 g/mol. The summed E-state index contributed by atoms with van der Waals surface area (Å²) in [6, 6.07) is -0.695. The van der Waals surface area contributed by atoms with Crippen LogP contribution in [0.4, 0.5) is 0 Å². The molecule has 0 aliphatic carbocycles. The zero-order valence-corrected chi connectivity index (χ0v) is 6.58. The highest BCUT2D eigenvalue weighted by Crippen LogP contribution is 1.89. The fraction of sp³-hybridized carbons (Fsp3) is 0.714. The zero-order valence-electron chi connectivity index (χ0n) is 6.58. The molecule has 0 saturated heterocycles. The van der Waals surface area contributed by atoms with E-state index in [1.54, 1.807) is 0 Å². The molecule has 0 heterocycles. The molecule has 0 bridgehead atoms. The molecule has 0 spiro atoms. The number of Topliss-reactive ketones (excluding diaryl/α,β-unsaturated/α-hetero) is 1. The average molecular weight is 159 g/mol. The molecule has 0 rings (SSSR count). The molecule has 0 aliphatic heterocycles. The van der Waals surface area contributed by atoms with Gasteiger partial charge in [0.1, 0.15) is 0 Å².